The van der Waals surface area contributed by atoms with E-state index in [0.717, 1.165) is 18.8 Å². The fraction of sp³-hybridized carbons (Fsp3) is 0.105. The van der Waals surface area contributed by atoms with E-state index in [4.69, 9.17) is 28.9 Å². The third-order valence-corrected chi connectivity index (χ3v) is 4.11. The first-order valence-corrected chi connectivity index (χ1v) is 8.71. The van der Waals surface area contributed by atoms with Crippen molar-refractivity contribution in [1.29, 1.82) is 0 Å². The first-order chi connectivity index (χ1) is 13.6. The van der Waals surface area contributed by atoms with E-state index >= 15 is 0 Å². The van der Waals surface area contributed by atoms with Gasteiger partial charge in [0, 0.05) is 10.0 Å². The SMILES string of the molecule is NC=NC=Nc1ccc(/C=C/C(c2cc(Cl)cc(Cl)c2)C(F)(F)F)cc1C(=O)O. The number of nitrogens with zero attached hydrogens (tertiary/aromatic N) is 2. The second-order valence-corrected chi connectivity index (χ2v) is 6.58. The lowest BCUT2D eigenvalue weighted by molar-refractivity contribution is -0.139. The largest absolute Gasteiger partial charge is 0.478 e. The molecule has 0 aliphatic rings. The highest BCUT2D eigenvalue weighted by Gasteiger charge is 2.39. The molecular weight excluding hydrogens is 430 g/mol. The van der Waals surface area contributed by atoms with Gasteiger partial charge in [-0.3, -0.25) is 0 Å². The van der Waals surface area contributed by atoms with Crippen molar-refractivity contribution in [3.8, 4) is 0 Å². The molecule has 0 amide bonds. The van der Waals surface area contributed by atoms with Crippen LogP contribution in [0.25, 0.3) is 6.08 Å². The number of alkyl halides is 3. The van der Waals surface area contributed by atoms with Crippen LogP contribution < -0.4 is 5.73 Å². The van der Waals surface area contributed by atoms with E-state index in [1.165, 1.54) is 42.5 Å². The van der Waals surface area contributed by atoms with E-state index in [2.05, 4.69) is 9.98 Å². The van der Waals surface area contributed by atoms with Crippen molar-refractivity contribution >= 4 is 53.6 Å². The number of aliphatic imine (C=N–C) groups is 2. The van der Waals surface area contributed by atoms with E-state index < -0.39 is 18.1 Å². The van der Waals surface area contributed by atoms with Gasteiger partial charge in [-0.15, -0.1) is 0 Å². The highest BCUT2D eigenvalue weighted by atomic mass is 35.5. The zero-order chi connectivity index (χ0) is 21.6. The summed E-state index contributed by atoms with van der Waals surface area (Å²) in [6.45, 7) is 0. The molecule has 3 N–H and O–H groups in total. The van der Waals surface area contributed by atoms with Crippen molar-refractivity contribution < 1.29 is 23.1 Å². The maximum absolute atomic E-state index is 13.5. The minimum atomic E-state index is -4.61. The number of allylic oxidation sites excluding steroid dienone is 1. The Balaban J connectivity index is 2.43. The molecule has 2 aromatic carbocycles. The first-order valence-electron chi connectivity index (χ1n) is 7.96. The van der Waals surface area contributed by atoms with Crippen LogP contribution in [-0.2, 0) is 0 Å². The Labute approximate surface area is 174 Å². The zero-order valence-electron chi connectivity index (χ0n) is 14.6. The minimum Gasteiger partial charge on any atom is -0.478 e. The number of nitrogens with two attached hydrogens (primary N) is 1. The van der Waals surface area contributed by atoms with E-state index in [-0.39, 0.29) is 32.4 Å². The van der Waals surface area contributed by atoms with Crippen molar-refractivity contribution in [2.75, 3.05) is 0 Å². The van der Waals surface area contributed by atoms with Gasteiger partial charge in [-0.1, -0.05) is 41.4 Å². The minimum absolute atomic E-state index is 0.0747. The molecular formula is C19H14Cl2F3N3O2. The Kier molecular flexibility index (Phi) is 7.41. The summed E-state index contributed by atoms with van der Waals surface area (Å²) in [5.41, 5.74) is 5.05. The molecule has 2 rings (SSSR count). The van der Waals surface area contributed by atoms with Gasteiger partial charge in [0.25, 0.3) is 0 Å². The normalized spacial score (nSPS) is 13.6. The molecule has 0 fully saturated rings. The molecule has 2 aromatic rings. The summed E-state index contributed by atoms with van der Waals surface area (Å²) in [5, 5.41) is 9.47. The van der Waals surface area contributed by atoms with Crippen LogP contribution in [0.5, 0.6) is 0 Å². The van der Waals surface area contributed by atoms with Gasteiger partial charge in [0.2, 0.25) is 0 Å². The second kappa shape index (κ2) is 9.58. The molecule has 0 spiro atoms. The highest BCUT2D eigenvalue weighted by molar-refractivity contribution is 6.34. The number of carbonyl (C=O) groups is 1. The molecule has 10 heteroatoms. The molecule has 0 heterocycles. The van der Waals surface area contributed by atoms with E-state index in [0.29, 0.717) is 0 Å². The summed E-state index contributed by atoms with van der Waals surface area (Å²) in [7, 11) is 0. The summed E-state index contributed by atoms with van der Waals surface area (Å²) in [6.07, 6.45) is -0.500. The predicted octanol–water partition coefficient (Wildman–Crippen LogP) is 5.70. The third kappa shape index (κ3) is 6.33. The fourth-order valence-corrected chi connectivity index (χ4v) is 2.99. The number of halogens is 5. The lowest BCUT2D eigenvalue weighted by Crippen LogP contribution is -2.18. The van der Waals surface area contributed by atoms with E-state index in [1.807, 2.05) is 0 Å². The van der Waals surface area contributed by atoms with Crippen LogP contribution in [0.2, 0.25) is 10.0 Å². The van der Waals surface area contributed by atoms with Crippen LogP contribution in [0.3, 0.4) is 0 Å². The molecule has 1 atom stereocenters. The van der Waals surface area contributed by atoms with Crippen molar-refractivity contribution in [3.63, 3.8) is 0 Å². The summed E-state index contributed by atoms with van der Waals surface area (Å²) in [5.74, 6) is -3.28. The van der Waals surface area contributed by atoms with Gasteiger partial charge in [0.1, 0.15) is 6.34 Å². The molecule has 29 heavy (non-hydrogen) atoms. The van der Waals surface area contributed by atoms with Crippen LogP contribution in [0.1, 0.15) is 27.4 Å². The van der Waals surface area contributed by atoms with Gasteiger partial charge in [0.15, 0.2) is 0 Å². The lowest BCUT2D eigenvalue weighted by atomic mass is 9.96. The third-order valence-electron chi connectivity index (χ3n) is 3.68. The van der Waals surface area contributed by atoms with Crippen LogP contribution in [0.4, 0.5) is 18.9 Å². The number of benzene rings is 2. The smallest absolute Gasteiger partial charge is 0.399 e. The molecule has 0 saturated carbocycles. The van der Waals surface area contributed by atoms with E-state index in [9.17, 15) is 23.1 Å². The Morgan fingerprint density at radius 3 is 2.34 bits per heavy atom. The topological polar surface area (TPSA) is 88.0 Å². The maximum atomic E-state index is 13.5. The molecule has 0 radical (unpaired) electrons. The molecule has 152 valence electrons. The summed E-state index contributed by atoms with van der Waals surface area (Å²) in [4.78, 5) is 18.8. The molecule has 1 unspecified atom stereocenters. The zero-order valence-corrected chi connectivity index (χ0v) is 16.1. The number of carboxylic acid groups (broad SMARTS) is 1. The van der Waals surface area contributed by atoms with Crippen molar-refractivity contribution in [3.05, 3.63) is 69.2 Å². The summed E-state index contributed by atoms with van der Waals surface area (Å²) < 4.78 is 40.6. The van der Waals surface area contributed by atoms with Crippen LogP contribution in [-0.4, -0.2) is 29.9 Å². The Morgan fingerprint density at radius 2 is 1.79 bits per heavy atom. The average Bonchev–Trinajstić information content (AvgIpc) is 2.61. The second-order valence-electron chi connectivity index (χ2n) is 5.71. The molecule has 0 saturated heterocycles. The standard InChI is InChI=1S/C19H14Cl2F3N3O2/c20-13-6-12(7-14(21)8-13)16(19(22,23)24)3-1-11-2-4-17(27-10-26-9-25)15(5-11)18(28)29/h1-10,16H,(H,28,29)(H2,25,26,27)/b3-1+. The molecule has 5 nitrogen and oxygen atoms in total. The Morgan fingerprint density at radius 1 is 1.14 bits per heavy atom. The lowest BCUT2D eigenvalue weighted by Gasteiger charge is -2.18. The molecule has 0 aliphatic heterocycles. The number of hydrogen-bond donors (Lipinski definition) is 2. The number of hydrogen-bond acceptors (Lipinski definition) is 2. The van der Waals surface area contributed by atoms with Crippen LogP contribution >= 0.6 is 23.2 Å². The monoisotopic (exact) mass is 443 g/mol. The fourth-order valence-electron chi connectivity index (χ4n) is 2.45. The maximum Gasteiger partial charge on any atom is 0.399 e. The number of carboxylic acids is 1. The van der Waals surface area contributed by atoms with Crippen LogP contribution in [0, 0.1) is 0 Å². The van der Waals surface area contributed by atoms with Gasteiger partial charge in [0.05, 0.1) is 23.5 Å². The molecule has 0 aliphatic carbocycles. The molecule has 0 aromatic heterocycles. The first kappa shape index (κ1) is 22.4. The van der Waals surface area contributed by atoms with Gasteiger partial charge in [-0.25, -0.2) is 14.8 Å². The van der Waals surface area contributed by atoms with Crippen molar-refractivity contribution in [2.45, 2.75) is 12.1 Å². The summed E-state index contributed by atoms with van der Waals surface area (Å²) in [6, 6.07) is 7.67. The average molecular weight is 444 g/mol. The van der Waals surface area contributed by atoms with Crippen molar-refractivity contribution in [1.82, 2.24) is 0 Å². The predicted molar refractivity (Wildman–Crippen MR) is 109 cm³/mol. The number of rotatable bonds is 6. The number of aromatic carboxylic acids is 1. The summed E-state index contributed by atoms with van der Waals surface area (Å²) >= 11 is 11.6. The van der Waals surface area contributed by atoms with Gasteiger partial charge >= 0.3 is 12.1 Å². The highest BCUT2D eigenvalue weighted by Crippen LogP contribution is 2.38. The Bertz CT molecular complexity index is 969. The van der Waals surface area contributed by atoms with Crippen LogP contribution in [0.15, 0.2) is 52.5 Å². The van der Waals surface area contributed by atoms with Crippen molar-refractivity contribution in [2.24, 2.45) is 15.7 Å². The van der Waals surface area contributed by atoms with Gasteiger partial charge in [-0.05, 0) is 41.5 Å². The Hall–Kier alpha value is -2.84. The van der Waals surface area contributed by atoms with Gasteiger partial charge in [-0.2, -0.15) is 13.2 Å². The van der Waals surface area contributed by atoms with Gasteiger partial charge < -0.3 is 10.8 Å². The molecule has 0 bridgehead atoms. The quantitative estimate of drug-likeness (QED) is 0.443. The van der Waals surface area contributed by atoms with E-state index in [1.54, 1.807) is 0 Å².